The van der Waals surface area contributed by atoms with E-state index in [1.165, 1.54) is 6.08 Å². The lowest BCUT2D eigenvalue weighted by molar-refractivity contribution is -0.116. The molecule has 1 atom stereocenters. The van der Waals surface area contributed by atoms with Crippen LogP contribution in [0.2, 0.25) is 0 Å². The van der Waals surface area contributed by atoms with Gasteiger partial charge in [0.2, 0.25) is 5.91 Å². The van der Waals surface area contributed by atoms with Crippen molar-refractivity contribution in [1.29, 1.82) is 0 Å². The maximum Gasteiger partial charge on any atom is 0.244 e. The number of carbonyl (C=O) groups excluding carboxylic acids is 1. The van der Waals surface area contributed by atoms with Gasteiger partial charge in [0.15, 0.2) is 0 Å². The molecule has 1 amide bonds. The highest BCUT2D eigenvalue weighted by Gasteiger charge is 2.25. The third kappa shape index (κ3) is 4.46. The van der Waals surface area contributed by atoms with Gasteiger partial charge in [-0.05, 0) is 35.4 Å². The summed E-state index contributed by atoms with van der Waals surface area (Å²) >= 11 is 0. The van der Waals surface area contributed by atoms with E-state index in [0.29, 0.717) is 6.54 Å². The fourth-order valence-corrected chi connectivity index (χ4v) is 3.36. The number of hydrogen-bond donors (Lipinski definition) is 1. The van der Waals surface area contributed by atoms with Gasteiger partial charge in [-0.25, -0.2) is 0 Å². The number of nitrogens with zero attached hydrogens (tertiary/aromatic N) is 1. The minimum atomic E-state index is -0.146. The van der Waals surface area contributed by atoms with Crippen LogP contribution < -0.4 is 14.8 Å². The first-order chi connectivity index (χ1) is 14.2. The Bertz CT molecular complexity index is 1010. The molecule has 146 valence electrons. The van der Waals surface area contributed by atoms with Gasteiger partial charge in [0.05, 0.1) is 13.7 Å². The zero-order valence-electron chi connectivity index (χ0n) is 16.2. The van der Waals surface area contributed by atoms with E-state index in [-0.39, 0.29) is 12.0 Å². The number of ether oxygens (including phenoxy) is 2. The van der Waals surface area contributed by atoms with E-state index in [9.17, 15) is 4.79 Å². The van der Waals surface area contributed by atoms with Crippen LogP contribution in [-0.2, 0) is 11.2 Å². The monoisotopic (exact) mass is 386 g/mol. The lowest BCUT2D eigenvalue weighted by Crippen LogP contribution is -2.33. The Hall–Kier alpha value is -3.60. The van der Waals surface area contributed by atoms with Gasteiger partial charge in [-0.1, -0.05) is 36.4 Å². The van der Waals surface area contributed by atoms with E-state index in [4.69, 9.17) is 9.47 Å². The third-order valence-electron chi connectivity index (χ3n) is 4.85. The van der Waals surface area contributed by atoms with E-state index >= 15 is 0 Å². The first-order valence-electron chi connectivity index (χ1n) is 9.52. The van der Waals surface area contributed by atoms with E-state index < -0.39 is 0 Å². The van der Waals surface area contributed by atoms with Crippen LogP contribution in [0.3, 0.4) is 0 Å². The summed E-state index contributed by atoms with van der Waals surface area (Å²) in [4.78, 5) is 16.4. The maximum atomic E-state index is 12.2. The molecule has 1 aliphatic rings. The van der Waals surface area contributed by atoms with Crippen LogP contribution >= 0.6 is 0 Å². The van der Waals surface area contributed by atoms with E-state index in [0.717, 1.165) is 40.2 Å². The highest BCUT2D eigenvalue weighted by atomic mass is 16.5. The molecule has 4 rings (SSSR count). The van der Waals surface area contributed by atoms with Crippen molar-refractivity contribution in [3.05, 3.63) is 84.2 Å². The zero-order valence-corrected chi connectivity index (χ0v) is 16.2. The summed E-state index contributed by atoms with van der Waals surface area (Å²) < 4.78 is 11.3. The molecule has 0 saturated heterocycles. The summed E-state index contributed by atoms with van der Waals surface area (Å²) in [6.07, 6.45) is 7.58. The molecule has 0 unspecified atom stereocenters. The van der Waals surface area contributed by atoms with E-state index in [1.54, 1.807) is 19.4 Å². The van der Waals surface area contributed by atoms with Gasteiger partial charge in [0, 0.05) is 36.0 Å². The Kier molecular flexibility index (Phi) is 5.56. The Morgan fingerprint density at radius 2 is 2.07 bits per heavy atom. The number of benzene rings is 2. The van der Waals surface area contributed by atoms with Gasteiger partial charge in [-0.3, -0.25) is 9.78 Å². The van der Waals surface area contributed by atoms with Gasteiger partial charge < -0.3 is 14.8 Å². The van der Waals surface area contributed by atoms with Crippen LogP contribution in [0.15, 0.2) is 73.1 Å². The smallest absolute Gasteiger partial charge is 0.244 e. The molecule has 5 nitrogen and oxygen atoms in total. The quantitative estimate of drug-likeness (QED) is 0.653. The molecule has 1 aliphatic heterocycles. The summed E-state index contributed by atoms with van der Waals surface area (Å²) in [6, 6.07) is 17.6. The summed E-state index contributed by atoms with van der Waals surface area (Å²) in [5, 5.41) is 2.92. The lowest BCUT2D eigenvalue weighted by atomic mass is 10.0. The van der Waals surface area contributed by atoms with Crippen molar-refractivity contribution in [2.45, 2.75) is 12.5 Å². The minimum absolute atomic E-state index is 0.0823. The van der Waals surface area contributed by atoms with Crippen molar-refractivity contribution in [1.82, 2.24) is 10.3 Å². The van der Waals surface area contributed by atoms with Crippen LogP contribution in [-0.4, -0.2) is 30.6 Å². The SMILES string of the molecule is COc1ccc(/C=C/C(=O)NC[C@H]2Cc3cccc(-c4cccnc4)c3O2)cc1. The average Bonchev–Trinajstić information content (AvgIpc) is 3.20. The highest BCUT2D eigenvalue weighted by molar-refractivity contribution is 5.91. The second kappa shape index (κ2) is 8.61. The number of rotatable bonds is 6. The number of pyridine rings is 1. The van der Waals surface area contributed by atoms with Gasteiger partial charge in [0.1, 0.15) is 17.6 Å². The molecular formula is C24H22N2O3. The number of para-hydroxylation sites is 1. The van der Waals surface area contributed by atoms with Crippen molar-refractivity contribution < 1.29 is 14.3 Å². The van der Waals surface area contributed by atoms with Crippen LogP contribution in [0.1, 0.15) is 11.1 Å². The molecule has 1 aromatic heterocycles. The number of hydrogen-bond acceptors (Lipinski definition) is 4. The van der Waals surface area contributed by atoms with Crippen molar-refractivity contribution in [3.63, 3.8) is 0 Å². The Balaban J connectivity index is 1.35. The number of aromatic nitrogens is 1. The maximum absolute atomic E-state index is 12.2. The molecule has 0 radical (unpaired) electrons. The van der Waals surface area contributed by atoms with Crippen molar-refractivity contribution in [2.75, 3.05) is 13.7 Å². The average molecular weight is 386 g/mol. The van der Waals surface area contributed by atoms with Gasteiger partial charge in [-0.2, -0.15) is 0 Å². The first-order valence-corrected chi connectivity index (χ1v) is 9.52. The molecule has 0 aliphatic carbocycles. The molecule has 29 heavy (non-hydrogen) atoms. The summed E-state index contributed by atoms with van der Waals surface area (Å²) in [6.45, 7) is 0.451. The standard InChI is InChI=1S/C24H22N2O3/c1-28-20-10-7-17(8-11-20)9-12-23(27)26-16-21-14-18-4-2-6-22(24(18)29-21)19-5-3-13-25-15-19/h2-13,15,21H,14,16H2,1H3,(H,26,27)/b12-9+/t21-/m1/s1. The second-order valence-corrected chi connectivity index (χ2v) is 6.83. The van der Waals surface area contributed by atoms with Crippen LogP contribution in [0.5, 0.6) is 11.5 Å². The normalized spacial score (nSPS) is 15.0. The van der Waals surface area contributed by atoms with Crippen LogP contribution in [0.25, 0.3) is 17.2 Å². The van der Waals surface area contributed by atoms with Gasteiger partial charge >= 0.3 is 0 Å². The highest BCUT2D eigenvalue weighted by Crippen LogP contribution is 2.38. The molecule has 0 bridgehead atoms. The minimum Gasteiger partial charge on any atom is -0.497 e. The van der Waals surface area contributed by atoms with Crippen LogP contribution in [0, 0.1) is 0 Å². The Morgan fingerprint density at radius 3 is 2.83 bits per heavy atom. The fraction of sp³-hybridized carbons (Fsp3) is 0.167. The largest absolute Gasteiger partial charge is 0.497 e. The number of fused-ring (bicyclic) bond motifs is 1. The number of carbonyl (C=O) groups is 1. The lowest BCUT2D eigenvalue weighted by Gasteiger charge is -2.13. The number of methoxy groups -OCH3 is 1. The Morgan fingerprint density at radius 1 is 1.21 bits per heavy atom. The molecule has 2 heterocycles. The predicted octanol–water partition coefficient (Wildman–Crippen LogP) is 3.89. The van der Waals surface area contributed by atoms with Crippen molar-refractivity contribution >= 4 is 12.0 Å². The summed E-state index contributed by atoms with van der Waals surface area (Å²) in [7, 11) is 1.63. The molecule has 2 aromatic carbocycles. The van der Waals surface area contributed by atoms with Crippen molar-refractivity contribution in [3.8, 4) is 22.6 Å². The molecule has 3 aromatic rings. The summed E-state index contributed by atoms with van der Waals surface area (Å²) in [5.41, 5.74) is 4.14. The number of nitrogens with one attached hydrogen (secondary N) is 1. The third-order valence-corrected chi connectivity index (χ3v) is 4.85. The zero-order chi connectivity index (χ0) is 20.1. The second-order valence-electron chi connectivity index (χ2n) is 6.83. The fourth-order valence-electron chi connectivity index (χ4n) is 3.36. The molecule has 0 saturated carbocycles. The molecule has 0 spiro atoms. The Labute approximate surface area is 170 Å². The molecule has 5 heteroatoms. The first kappa shape index (κ1) is 18.7. The predicted molar refractivity (Wildman–Crippen MR) is 113 cm³/mol. The summed E-state index contributed by atoms with van der Waals surface area (Å²) in [5.74, 6) is 1.52. The van der Waals surface area contributed by atoms with Crippen molar-refractivity contribution in [2.24, 2.45) is 0 Å². The van der Waals surface area contributed by atoms with E-state index in [2.05, 4.69) is 16.4 Å². The van der Waals surface area contributed by atoms with Gasteiger partial charge in [0.25, 0.3) is 0 Å². The number of amides is 1. The molecular weight excluding hydrogens is 364 g/mol. The topological polar surface area (TPSA) is 60.5 Å². The molecule has 1 N–H and O–H groups in total. The molecule has 0 fully saturated rings. The van der Waals surface area contributed by atoms with E-state index in [1.807, 2.05) is 54.7 Å². The van der Waals surface area contributed by atoms with Gasteiger partial charge in [-0.15, -0.1) is 0 Å². The van der Waals surface area contributed by atoms with Crippen LogP contribution in [0.4, 0.5) is 0 Å².